The summed E-state index contributed by atoms with van der Waals surface area (Å²) in [5.74, 6) is 0.992. The largest absolute Gasteiger partial charge is 0.508 e. The van der Waals surface area contributed by atoms with Crippen LogP contribution >= 0.6 is 0 Å². The molecule has 1 aliphatic rings. The quantitative estimate of drug-likeness (QED) is 0.876. The molecule has 0 spiro atoms. The lowest BCUT2D eigenvalue weighted by Gasteiger charge is -2.12. The highest BCUT2D eigenvalue weighted by Crippen LogP contribution is 2.40. The Hall–Kier alpha value is -1.80. The van der Waals surface area contributed by atoms with Crippen molar-refractivity contribution in [2.45, 2.75) is 31.3 Å². The van der Waals surface area contributed by atoms with Gasteiger partial charge in [0.2, 0.25) is 0 Å². The van der Waals surface area contributed by atoms with Gasteiger partial charge >= 0.3 is 0 Å². The second kappa shape index (κ2) is 5.06. The molecule has 0 aromatic heterocycles. The van der Waals surface area contributed by atoms with Crippen LogP contribution in [0, 0.1) is 0 Å². The minimum Gasteiger partial charge on any atom is -0.508 e. The summed E-state index contributed by atoms with van der Waals surface area (Å²) in [6.07, 6.45) is 2.60. The summed E-state index contributed by atoms with van der Waals surface area (Å²) < 4.78 is 0. The van der Waals surface area contributed by atoms with Crippen LogP contribution in [0.5, 0.6) is 5.75 Å². The second-order valence-corrected chi connectivity index (χ2v) is 5.33. The fourth-order valence-electron chi connectivity index (χ4n) is 2.43. The van der Waals surface area contributed by atoms with Crippen LogP contribution in [0.25, 0.3) is 0 Å². The summed E-state index contributed by atoms with van der Waals surface area (Å²) in [5.41, 5.74) is 3.26. The third kappa shape index (κ3) is 2.96. The van der Waals surface area contributed by atoms with Gasteiger partial charge in [-0.3, -0.25) is 0 Å². The molecule has 1 atom stereocenters. The molecule has 1 fully saturated rings. The van der Waals surface area contributed by atoms with Crippen LogP contribution in [0.2, 0.25) is 0 Å². The number of aliphatic hydroxyl groups is 1. The molecule has 2 aromatic carbocycles. The Bertz CT molecular complexity index is 556. The number of phenolic OH excluding ortho intramolecular Hbond substituents is 1. The molecule has 0 amide bonds. The predicted octanol–water partition coefficient (Wildman–Crippen LogP) is 3.55. The standard InChI is InChI=1S/C17H18O2/c18-16-3-1-2-12(10-16)11-17(19)15-8-6-14(7-9-15)13-4-5-13/h1-3,6-10,13,17-19H,4-5,11H2. The average molecular weight is 254 g/mol. The number of phenols is 1. The van der Waals surface area contributed by atoms with Gasteiger partial charge in [-0.15, -0.1) is 0 Å². The van der Waals surface area contributed by atoms with Gasteiger partial charge in [-0.1, -0.05) is 36.4 Å². The fraction of sp³-hybridized carbons (Fsp3) is 0.294. The van der Waals surface area contributed by atoms with Crippen molar-refractivity contribution in [1.29, 1.82) is 0 Å². The zero-order valence-corrected chi connectivity index (χ0v) is 10.8. The monoisotopic (exact) mass is 254 g/mol. The third-order valence-electron chi connectivity index (χ3n) is 3.71. The van der Waals surface area contributed by atoms with E-state index in [2.05, 4.69) is 12.1 Å². The maximum Gasteiger partial charge on any atom is 0.115 e. The molecular weight excluding hydrogens is 236 g/mol. The predicted molar refractivity (Wildman–Crippen MR) is 75.2 cm³/mol. The van der Waals surface area contributed by atoms with Gasteiger partial charge < -0.3 is 10.2 Å². The molecule has 1 saturated carbocycles. The van der Waals surface area contributed by atoms with Crippen LogP contribution in [0.15, 0.2) is 48.5 Å². The minimum absolute atomic E-state index is 0.244. The van der Waals surface area contributed by atoms with Crippen LogP contribution in [-0.2, 0) is 6.42 Å². The molecule has 0 heterocycles. The minimum atomic E-state index is -0.518. The first-order valence-electron chi connectivity index (χ1n) is 6.78. The van der Waals surface area contributed by atoms with Crippen LogP contribution in [-0.4, -0.2) is 10.2 Å². The Morgan fingerprint density at radius 3 is 2.42 bits per heavy atom. The van der Waals surface area contributed by atoms with Gasteiger partial charge in [0.15, 0.2) is 0 Å². The van der Waals surface area contributed by atoms with E-state index in [-0.39, 0.29) is 5.75 Å². The molecular formula is C17H18O2. The van der Waals surface area contributed by atoms with Gasteiger partial charge in [0.1, 0.15) is 5.75 Å². The normalized spacial score (nSPS) is 16.3. The Kier molecular flexibility index (Phi) is 3.26. The molecule has 2 heteroatoms. The summed E-state index contributed by atoms with van der Waals surface area (Å²) in [6, 6.07) is 15.3. The topological polar surface area (TPSA) is 40.5 Å². The van der Waals surface area contributed by atoms with E-state index in [9.17, 15) is 10.2 Å². The van der Waals surface area contributed by atoms with Crippen LogP contribution < -0.4 is 0 Å². The number of aliphatic hydroxyl groups excluding tert-OH is 1. The SMILES string of the molecule is Oc1cccc(CC(O)c2ccc(C3CC3)cc2)c1. The summed E-state index contributed by atoms with van der Waals surface area (Å²) in [4.78, 5) is 0. The smallest absolute Gasteiger partial charge is 0.115 e. The maximum atomic E-state index is 10.2. The zero-order valence-electron chi connectivity index (χ0n) is 10.8. The van der Waals surface area contributed by atoms with E-state index in [4.69, 9.17) is 0 Å². The highest BCUT2D eigenvalue weighted by molar-refractivity contribution is 5.32. The van der Waals surface area contributed by atoms with Crippen molar-refractivity contribution in [2.75, 3.05) is 0 Å². The van der Waals surface area contributed by atoms with Crippen molar-refractivity contribution < 1.29 is 10.2 Å². The molecule has 3 rings (SSSR count). The van der Waals surface area contributed by atoms with Crippen LogP contribution in [0.4, 0.5) is 0 Å². The summed E-state index contributed by atoms with van der Waals surface area (Å²) in [5, 5.41) is 19.6. The molecule has 0 bridgehead atoms. The first kappa shape index (κ1) is 12.2. The molecule has 0 aliphatic heterocycles. The van der Waals surface area contributed by atoms with Crippen molar-refractivity contribution >= 4 is 0 Å². The zero-order chi connectivity index (χ0) is 13.2. The van der Waals surface area contributed by atoms with Gasteiger partial charge in [-0.25, -0.2) is 0 Å². The highest BCUT2D eigenvalue weighted by Gasteiger charge is 2.23. The van der Waals surface area contributed by atoms with Crippen molar-refractivity contribution in [3.63, 3.8) is 0 Å². The highest BCUT2D eigenvalue weighted by atomic mass is 16.3. The first-order chi connectivity index (χ1) is 9.22. The number of benzene rings is 2. The van der Waals surface area contributed by atoms with E-state index in [1.165, 1.54) is 18.4 Å². The molecule has 0 radical (unpaired) electrons. The van der Waals surface area contributed by atoms with Crippen molar-refractivity contribution in [2.24, 2.45) is 0 Å². The molecule has 1 aliphatic carbocycles. The Labute approximate surface area is 113 Å². The van der Waals surface area contributed by atoms with Gasteiger partial charge in [0.25, 0.3) is 0 Å². The Morgan fingerprint density at radius 2 is 1.79 bits per heavy atom. The Balaban J connectivity index is 1.70. The van der Waals surface area contributed by atoms with E-state index in [0.29, 0.717) is 6.42 Å². The summed E-state index contributed by atoms with van der Waals surface area (Å²) >= 11 is 0. The van der Waals surface area contributed by atoms with Crippen LogP contribution in [0.1, 0.15) is 41.6 Å². The molecule has 0 saturated heterocycles. The Morgan fingerprint density at radius 1 is 1.05 bits per heavy atom. The third-order valence-corrected chi connectivity index (χ3v) is 3.71. The number of rotatable bonds is 4. The maximum absolute atomic E-state index is 10.2. The van der Waals surface area contributed by atoms with Gasteiger partial charge in [-0.2, -0.15) is 0 Å². The molecule has 98 valence electrons. The summed E-state index contributed by atoms with van der Waals surface area (Å²) in [6.45, 7) is 0. The second-order valence-electron chi connectivity index (χ2n) is 5.33. The fourth-order valence-corrected chi connectivity index (χ4v) is 2.43. The number of hydrogen-bond acceptors (Lipinski definition) is 2. The van der Waals surface area contributed by atoms with Crippen LogP contribution in [0.3, 0.4) is 0 Å². The van der Waals surface area contributed by atoms with E-state index in [1.54, 1.807) is 18.2 Å². The van der Waals surface area contributed by atoms with Gasteiger partial charge in [-0.05, 0) is 47.6 Å². The number of hydrogen-bond donors (Lipinski definition) is 2. The lowest BCUT2D eigenvalue weighted by molar-refractivity contribution is 0.178. The van der Waals surface area contributed by atoms with Crippen molar-refractivity contribution in [3.05, 3.63) is 65.2 Å². The molecule has 19 heavy (non-hydrogen) atoms. The van der Waals surface area contributed by atoms with E-state index in [0.717, 1.165) is 17.0 Å². The van der Waals surface area contributed by atoms with Crippen molar-refractivity contribution in [3.8, 4) is 5.75 Å². The number of aromatic hydroxyl groups is 1. The summed E-state index contributed by atoms with van der Waals surface area (Å²) in [7, 11) is 0. The molecule has 2 aromatic rings. The van der Waals surface area contributed by atoms with Crippen molar-refractivity contribution in [1.82, 2.24) is 0 Å². The molecule has 1 unspecified atom stereocenters. The average Bonchev–Trinajstić information content (AvgIpc) is 3.23. The lowest BCUT2D eigenvalue weighted by atomic mass is 9.99. The van der Waals surface area contributed by atoms with E-state index >= 15 is 0 Å². The van der Waals surface area contributed by atoms with E-state index < -0.39 is 6.10 Å². The molecule has 2 N–H and O–H groups in total. The lowest BCUT2D eigenvalue weighted by Crippen LogP contribution is -2.01. The van der Waals surface area contributed by atoms with E-state index in [1.807, 2.05) is 18.2 Å². The first-order valence-corrected chi connectivity index (χ1v) is 6.78. The van der Waals surface area contributed by atoms with Gasteiger partial charge in [0.05, 0.1) is 6.10 Å². The van der Waals surface area contributed by atoms with Gasteiger partial charge in [0, 0.05) is 6.42 Å². The molecule has 2 nitrogen and oxygen atoms in total.